The van der Waals surface area contributed by atoms with E-state index in [1.54, 1.807) is 25.6 Å². The number of nitrogens with one attached hydrogen (secondary N) is 3. The molecule has 4 aromatic heterocycles. The van der Waals surface area contributed by atoms with E-state index in [9.17, 15) is 9.59 Å². The fraction of sp³-hybridized carbons (Fsp3) is 0.276. The number of hydrogen-bond acceptors (Lipinski definition) is 5. The highest BCUT2D eigenvalue weighted by Crippen LogP contribution is 2.24. The largest absolute Gasteiger partial charge is 0.359 e. The minimum absolute atomic E-state index is 0.0436. The number of H-pyrrole nitrogens is 1. The number of imidazole rings is 2. The second-order valence-electron chi connectivity index (χ2n) is 9.43. The van der Waals surface area contributed by atoms with Crippen molar-refractivity contribution in [3.63, 3.8) is 0 Å². The van der Waals surface area contributed by atoms with Gasteiger partial charge in [-0.05, 0) is 48.7 Å². The van der Waals surface area contributed by atoms with Crippen molar-refractivity contribution >= 4 is 17.5 Å². The second kappa shape index (κ2) is 12.2. The third kappa shape index (κ3) is 6.40. The van der Waals surface area contributed by atoms with Crippen LogP contribution < -0.4 is 10.6 Å². The lowest BCUT2D eigenvalue weighted by atomic mass is 10.1. The van der Waals surface area contributed by atoms with Gasteiger partial charge in [0.25, 0.3) is 0 Å². The van der Waals surface area contributed by atoms with E-state index in [2.05, 4.69) is 30.7 Å². The molecule has 10 heteroatoms. The lowest BCUT2D eigenvalue weighted by Gasteiger charge is -2.17. The Morgan fingerprint density at radius 1 is 0.949 bits per heavy atom. The summed E-state index contributed by atoms with van der Waals surface area (Å²) in [6.07, 6.45) is 13.0. The monoisotopic (exact) mass is 524 g/mol. The molecule has 0 aliphatic carbocycles. The van der Waals surface area contributed by atoms with E-state index in [-0.39, 0.29) is 24.3 Å². The fourth-order valence-corrected chi connectivity index (χ4v) is 4.61. The molecular formula is C29H32N8O2. The number of nitrogens with zero attached hydrogens (tertiary/aromatic N) is 5. The predicted molar refractivity (Wildman–Crippen MR) is 148 cm³/mol. The zero-order valence-electron chi connectivity index (χ0n) is 21.9. The molecule has 3 N–H and O–H groups in total. The Hall–Kier alpha value is -4.73. The number of aromatic nitrogens is 6. The molecule has 1 atom stereocenters. The van der Waals surface area contributed by atoms with Gasteiger partial charge < -0.3 is 20.0 Å². The van der Waals surface area contributed by atoms with Crippen molar-refractivity contribution in [3.05, 3.63) is 91.0 Å². The van der Waals surface area contributed by atoms with Crippen molar-refractivity contribution in [2.24, 2.45) is 0 Å². The van der Waals surface area contributed by atoms with Crippen molar-refractivity contribution in [2.45, 2.75) is 44.6 Å². The van der Waals surface area contributed by atoms with E-state index in [4.69, 9.17) is 0 Å². The summed E-state index contributed by atoms with van der Waals surface area (Å²) in [5.74, 6) is 0.652. The minimum atomic E-state index is -0.284. The first-order valence-electron chi connectivity index (χ1n) is 13.2. The second-order valence-corrected chi connectivity index (χ2v) is 9.43. The van der Waals surface area contributed by atoms with Crippen LogP contribution in [0.25, 0.3) is 22.6 Å². The van der Waals surface area contributed by atoms with Crippen LogP contribution in [0.1, 0.15) is 49.7 Å². The fourth-order valence-electron chi connectivity index (χ4n) is 4.61. The number of unbranched alkanes of at least 4 members (excludes halogenated alkanes) is 2. The van der Waals surface area contributed by atoms with Gasteiger partial charge in [-0.2, -0.15) is 5.10 Å². The van der Waals surface area contributed by atoms with E-state index in [0.717, 1.165) is 47.5 Å². The van der Waals surface area contributed by atoms with E-state index >= 15 is 0 Å². The molecule has 5 aromatic rings. The summed E-state index contributed by atoms with van der Waals surface area (Å²) in [6, 6.07) is 15.4. The summed E-state index contributed by atoms with van der Waals surface area (Å²) in [4.78, 5) is 37.1. The Kier molecular flexibility index (Phi) is 8.11. The molecule has 0 aliphatic rings. The van der Waals surface area contributed by atoms with E-state index in [1.807, 2.05) is 70.0 Å². The number of benzene rings is 1. The molecule has 2 amide bonds. The molecule has 0 spiro atoms. The number of amides is 2. The van der Waals surface area contributed by atoms with Crippen molar-refractivity contribution in [1.29, 1.82) is 0 Å². The number of pyridine rings is 1. The van der Waals surface area contributed by atoms with Gasteiger partial charge in [-0.15, -0.1) is 0 Å². The zero-order chi connectivity index (χ0) is 27.0. The molecule has 0 bridgehead atoms. The third-order valence-electron chi connectivity index (χ3n) is 6.72. The van der Waals surface area contributed by atoms with Crippen LogP contribution in [0.2, 0.25) is 0 Å². The van der Waals surface area contributed by atoms with E-state index in [1.165, 1.54) is 0 Å². The maximum atomic E-state index is 13.1. The van der Waals surface area contributed by atoms with Gasteiger partial charge in [-0.1, -0.05) is 31.0 Å². The van der Waals surface area contributed by atoms with Crippen LogP contribution in [0.3, 0.4) is 0 Å². The highest BCUT2D eigenvalue weighted by atomic mass is 16.2. The molecule has 10 nitrogen and oxygen atoms in total. The smallest absolute Gasteiger partial charge is 0.226 e. The lowest BCUT2D eigenvalue weighted by Crippen LogP contribution is -2.31. The van der Waals surface area contributed by atoms with Crippen molar-refractivity contribution in [1.82, 2.24) is 39.8 Å². The van der Waals surface area contributed by atoms with Crippen LogP contribution in [0.4, 0.5) is 0 Å². The number of carbonyl (C=O) groups excluding carboxylic acids is 2. The van der Waals surface area contributed by atoms with Crippen LogP contribution in [0.15, 0.2) is 79.5 Å². The molecule has 0 radical (unpaired) electrons. The summed E-state index contributed by atoms with van der Waals surface area (Å²) in [5.41, 5.74) is 4.47. The quantitative estimate of drug-likeness (QED) is 0.213. The number of rotatable bonds is 12. The number of hydrogen-bond donors (Lipinski definition) is 3. The normalized spacial score (nSPS) is 11.9. The van der Waals surface area contributed by atoms with Crippen LogP contribution in [-0.2, 0) is 16.0 Å². The van der Waals surface area contributed by atoms with Crippen LogP contribution in [0.5, 0.6) is 0 Å². The molecule has 4 heterocycles. The molecule has 1 aromatic carbocycles. The van der Waals surface area contributed by atoms with Gasteiger partial charge in [-0.25, -0.2) is 14.6 Å². The highest BCUT2D eigenvalue weighted by molar-refractivity contribution is 5.79. The maximum Gasteiger partial charge on any atom is 0.226 e. The average molecular weight is 525 g/mol. The topological polar surface area (TPSA) is 122 Å². The van der Waals surface area contributed by atoms with Gasteiger partial charge in [0.05, 0.1) is 35.7 Å². The molecular weight excluding hydrogens is 492 g/mol. The summed E-state index contributed by atoms with van der Waals surface area (Å²) >= 11 is 0. The molecule has 0 saturated heterocycles. The van der Waals surface area contributed by atoms with Crippen LogP contribution in [0, 0.1) is 0 Å². The van der Waals surface area contributed by atoms with Gasteiger partial charge in [0.1, 0.15) is 11.5 Å². The minimum Gasteiger partial charge on any atom is -0.359 e. The first-order chi connectivity index (χ1) is 19.1. The first-order valence-corrected chi connectivity index (χ1v) is 13.2. The molecule has 5 rings (SSSR count). The summed E-state index contributed by atoms with van der Waals surface area (Å²) in [6.45, 7) is 0. The van der Waals surface area contributed by atoms with Crippen molar-refractivity contribution in [2.75, 3.05) is 7.05 Å². The molecule has 0 aliphatic heterocycles. The maximum absolute atomic E-state index is 13.1. The van der Waals surface area contributed by atoms with Crippen molar-refractivity contribution in [3.8, 4) is 16.9 Å². The Labute approximate surface area is 226 Å². The highest BCUT2D eigenvalue weighted by Gasteiger charge is 2.19. The summed E-state index contributed by atoms with van der Waals surface area (Å²) in [7, 11) is 1.65. The number of fused-ring (bicyclic) bond motifs is 1. The zero-order valence-corrected chi connectivity index (χ0v) is 21.9. The molecule has 1 unspecified atom stereocenters. The molecule has 200 valence electrons. The summed E-state index contributed by atoms with van der Waals surface area (Å²) < 4.78 is 3.73. The van der Waals surface area contributed by atoms with E-state index in [0.29, 0.717) is 18.7 Å². The predicted octanol–water partition coefficient (Wildman–Crippen LogP) is 4.01. The standard InChI is InChI=1S/C29H32N8O2/c1-30-27(38)10-4-2-3-8-24(34-28(39)18-23-19-31-26-9-5-6-16-36(23)26)29-32-20-25(35-29)21-11-13-22(14-12-21)37-17-7-15-33-37/h5-7,9,11-17,19-20,24H,2-4,8,10,18H2,1H3,(H,30,38)(H,32,35)(H,34,39). The van der Waals surface area contributed by atoms with Crippen LogP contribution in [-0.4, -0.2) is 48.0 Å². The SMILES string of the molecule is CNC(=O)CCCCCC(NC(=O)Cc1cnc2ccccn12)c1ncc(-c2ccc(-n3cccn3)cc2)[nH]1. The molecule has 0 fully saturated rings. The lowest BCUT2D eigenvalue weighted by molar-refractivity contribution is -0.121. The Balaban J connectivity index is 1.28. The number of carbonyl (C=O) groups is 2. The number of aromatic amines is 1. The van der Waals surface area contributed by atoms with Gasteiger partial charge in [-0.3, -0.25) is 9.59 Å². The van der Waals surface area contributed by atoms with Gasteiger partial charge >= 0.3 is 0 Å². The Morgan fingerprint density at radius 2 is 1.82 bits per heavy atom. The Morgan fingerprint density at radius 3 is 2.62 bits per heavy atom. The first kappa shape index (κ1) is 25.9. The van der Waals surface area contributed by atoms with Gasteiger partial charge in [0.15, 0.2) is 0 Å². The Bertz CT molecular complexity index is 1520. The average Bonchev–Trinajstić information content (AvgIpc) is 3.74. The summed E-state index contributed by atoms with van der Waals surface area (Å²) in [5, 5.41) is 10.1. The van der Waals surface area contributed by atoms with E-state index < -0.39 is 0 Å². The van der Waals surface area contributed by atoms with Crippen LogP contribution >= 0.6 is 0 Å². The van der Waals surface area contributed by atoms with Gasteiger partial charge in [0, 0.05) is 38.3 Å². The third-order valence-corrected chi connectivity index (χ3v) is 6.72. The molecule has 0 saturated carbocycles. The molecule has 39 heavy (non-hydrogen) atoms. The van der Waals surface area contributed by atoms with Gasteiger partial charge in [0.2, 0.25) is 11.8 Å². The van der Waals surface area contributed by atoms with Crippen molar-refractivity contribution < 1.29 is 9.59 Å².